The second-order valence-corrected chi connectivity index (χ2v) is 7.28. The van der Waals surface area contributed by atoms with Gasteiger partial charge in [-0.2, -0.15) is 0 Å². The molecule has 0 aromatic rings. The Hall–Kier alpha value is -1.04. The van der Waals surface area contributed by atoms with Gasteiger partial charge in [-0.15, -0.1) is 0 Å². The number of hydrogen-bond donors (Lipinski definition) is 3. The van der Waals surface area contributed by atoms with Crippen LogP contribution < -0.4 is 16.0 Å². The number of ether oxygens (including phenoxy) is 1. The first-order valence-electron chi connectivity index (χ1n) is 8.38. The molecule has 0 spiro atoms. The van der Waals surface area contributed by atoms with Crippen molar-refractivity contribution in [2.45, 2.75) is 77.4 Å². The highest BCUT2D eigenvalue weighted by atomic mass is 32.1. The molecule has 0 atom stereocenters. The van der Waals surface area contributed by atoms with Crippen LogP contribution in [0, 0.1) is 0 Å². The Morgan fingerprint density at radius 2 is 1.59 bits per heavy atom. The van der Waals surface area contributed by atoms with Crippen LogP contribution in [-0.2, 0) is 4.74 Å². The minimum atomic E-state index is -0.466. The third-order valence-corrected chi connectivity index (χ3v) is 3.78. The van der Waals surface area contributed by atoms with Crippen molar-refractivity contribution in [3.63, 3.8) is 0 Å². The van der Waals surface area contributed by atoms with Gasteiger partial charge < -0.3 is 20.7 Å². The standard InChI is InChI=1S/C16H31N3O2S/c1-16(2,3)21-15(20)18-12-11-17-14(22)19-13-9-7-5-4-6-8-10-13/h13H,4-12H2,1-3H3,(H,18,20)(H2,17,19,22). The van der Waals surface area contributed by atoms with Crippen LogP contribution in [0.25, 0.3) is 0 Å². The molecule has 128 valence electrons. The lowest BCUT2D eigenvalue weighted by atomic mass is 9.97. The van der Waals surface area contributed by atoms with Crippen LogP contribution in [0.1, 0.15) is 65.7 Å². The number of thiocarbonyl (C=S) groups is 1. The number of nitrogens with one attached hydrogen (secondary N) is 3. The molecule has 22 heavy (non-hydrogen) atoms. The summed E-state index contributed by atoms with van der Waals surface area (Å²) < 4.78 is 5.17. The van der Waals surface area contributed by atoms with Crippen LogP contribution in [0.4, 0.5) is 4.79 Å². The van der Waals surface area contributed by atoms with Crippen LogP contribution in [-0.4, -0.2) is 35.9 Å². The van der Waals surface area contributed by atoms with Gasteiger partial charge in [-0.05, 0) is 45.8 Å². The molecule has 0 saturated heterocycles. The quantitative estimate of drug-likeness (QED) is 0.546. The van der Waals surface area contributed by atoms with Gasteiger partial charge in [-0.1, -0.05) is 32.1 Å². The van der Waals surface area contributed by atoms with Crippen LogP contribution in [0.2, 0.25) is 0 Å². The number of amides is 1. The molecule has 0 heterocycles. The monoisotopic (exact) mass is 329 g/mol. The first-order chi connectivity index (χ1) is 10.4. The van der Waals surface area contributed by atoms with Crippen molar-refractivity contribution >= 4 is 23.4 Å². The lowest BCUT2D eigenvalue weighted by Crippen LogP contribution is -2.45. The van der Waals surface area contributed by atoms with E-state index in [9.17, 15) is 4.79 Å². The van der Waals surface area contributed by atoms with E-state index >= 15 is 0 Å². The summed E-state index contributed by atoms with van der Waals surface area (Å²) in [7, 11) is 0. The topological polar surface area (TPSA) is 62.4 Å². The zero-order valence-corrected chi connectivity index (χ0v) is 15.0. The fourth-order valence-corrected chi connectivity index (χ4v) is 2.76. The van der Waals surface area contributed by atoms with E-state index in [-0.39, 0.29) is 0 Å². The second kappa shape index (κ2) is 9.87. The van der Waals surface area contributed by atoms with Crippen molar-refractivity contribution in [3.05, 3.63) is 0 Å². The average Bonchev–Trinajstić information content (AvgIpc) is 2.35. The molecule has 6 heteroatoms. The van der Waals surface area contributed by atoms with Crippen LogP contribution in [0.5, 0.6) is 0 Å². The Kier molecular flexibility index (Phi) is 8.53. The Balaban J connectivity index is 2.11. The smallest absolute Gasteiger partial charge is 0.407 e. The van der Waals surface area contributed by atoms with Crippen molar-refractivity contribution in [2.75, 3.05) is 13.1 Å². The molecule has 0 radical (unpaired) electrons. The maximum absolute atomic E-state index is 11.5. The van der Waals surface area contributed by atoms with Crippen LogP contribution in [0.15, 0.2) is 0 Å². The summed E-state index contributed by atoms with van der Waals surface area (Å²) in [5, 5.41) is 9.91. The third kappa shape index (κ3) is 9.82. The van der Waals surface area contributed by atoms with Gasteiger partial charge in [0.15, 0.2) is 5.11 Å². The Morgan fingerprint density at radius 3 is 2.18 bits per heavy atom. The molecule has 0 aromatic carbocycles. The fraction of sp³-hybridized carbons (Fsp3) is 0.875. The third-order valence-electron chi connectivity index (χ3n) is 3.52. The van der Waals surface area contributed by atoms with Gasteiger partial charge in [0.2, 0.25) is 0 Å². The number of hydrogen-bond acceptors (Lipinski definition) is 3. The second-order valence-electron chi connectivity index (χ2n) is 6.87. The maximum atomic E-state index is 11.5. The first-order valence-corrected chi connectivity index (χ1v) is 8.79. The van der Waals surface area contributed by atoms with Crippen molar-refractivity contribution in [1.82, 2.24) is 16.0 Å². The molecule has 1 saturated carbocycles. The number of carbonyl (C=O) groups is 1. The summed E-state index contributed by atoms with van der Waals surface area (Å²) in [5.74, 6) is 0. The molecule has 1 amide bonds. The molecule has 0 unspecified atom stereocenters. The highest BCUT2D eigenvalue weighted by Crippen LogP contribution is 2.16. The predicted molar refractivity (Wildman–Crippen MR) is 94.1 cm³/mol. The summed E-state index contributed by atoms with van der Waals surface area (Å²) in [6.45, 7) is 6.62. The van der Waals surface area contributed by atoms with Crippen molar-refractivity contribution in [1.29, 1.82) is 0 Å². The first kappa shape index (κ1) is 19.0. The molecule has 1 rings (SSSR count). The Morgan fingerprint density at radius 1 is 1.05 bits per heavy atom. The molecule has 0 aliphatic heterocycles. The van der Waals surface area contributed by atoms with E-state index < -0.39 is 11.7 Å². The number of carbonyl (C=O) groups excluding carboxylic acids is 1. The molecule has 1 aliphatic rings. The SMILES string of the molecule is CC(C)(C)OC(=O)NCCNC(=S)NC1CCCCCCC1. The lowest BCUT2D eigenvalue weighted by Gasteiger charge is -2.23. The number of alkyl carbamates (subject to hydrolysis) is 1. The van der Waals surface area contributed by atoms with E-state index in [4.69, 9.17) is 17.0 Å². The van der Waals surface area contributed by atoms with E-state index in [1.165, 1.54) is 44.9 Å². The predicted octanol–water partition coefficient (Wildman–Crippen LogP) is 3.09. The zero-order chi connectivity index (χ0) is 16.4. The lowest BCUT2D eigenvalue weighted by molar-refractivity contribution is 0.0529. The van der Waals surface area contributed by atoms with Crippen molar-refractivity contribution in [2.24, 2.45) is 0 Å². The van der Waals surface area contributed by atoms with E-state index in [0.29, 0.717) is 24.2 Å². The zero-order valence-electron chi connectivity index (χ0n) is 14.2. The molecule has 0 bridgehead atoms. The van der Waals surface area contributed by atoms with Crippen LogP contribution >= 0.6 is 12.2 Å². The molecule has 3 N–H and O–H groups in total. The van der Waals surface area contributed by atoms with Gasteiger partial charge in [-0.25, -0.2) is 4.79 Å². The summed E-state index contributed by atoms with van der Waals surface area (Å²) in [4.78, 5) is 11.5. The minimum Gasteiger partial charge on any atom is -0.444 e. The van der Waals surface area contributed by atoms with Gasteiger partial charge in [0.25, 0.3) is 0 Å². The molecule has 0 aromatic heterocycles. The largest absolute Gasteiger partial charge is 0.444 e. The normalized spacial score (nSPS) is 17.0. The van der Waals surface area contributed by atoms with Crippen molar-refractivity contribution in [3.8, 4) is 0 Å². The molecular weight excluding hydrogens is 298 g/mol. The molecule has 5 nitrogen and oxygen atoms in total. The van der Waals surface area contributed by atoms with Crippen molar-refractivity contribution < 1.29 is 9.53 Å². The molecule has 1 fully saturated rings. The van der Waals surface area contributed by atoms with Gasteiger partial charge in [0.05, 0.1) is 0 Å². The number of rotatable bonds is 4. The van der Waals surface area contributed by atoms with E-state index in [1.807, 2.05) is 20.8 Å². The fourth-order valence-electron chi connectivity index (χ4n) is 2.49. The van der Waals surface area contributed by atoms with Crippen LogP contribution in [0.3, 0.4) is 0 Å². The highest BCUT2D eigenvalue weighted by molar-refractivity contribution is 7.80. The Bertz CT molecular complexity index is 348. The summed E-state index contributed by atoms with van der Waals surface area (Å²) in [5.41, 5.74) is -0.466. The summed E-state index contributed by atoms with van der Waals surface area (Å²) >= 11 is 5.31. The van der Waals surface area contributed by atoms with E-state index in [1.54, 1.807) is 0 Å². The molecular formula is C16H31N3O2S. The maximum Gasteiger partial charge on any atom is 0.407 e. The van der Waals surface area contributed by atoms with E-state index in [2.05, 4.69) is 16.0 Å². The van der Waals surface area contributed by atoms with Gasteiger partial charge in [0.1, 0.15) is 5.60 Å². The molecule has 1 aliphatic carbocycles. The average molecular weight is 330 g/mol. The summed E-state index contributed by atoms with van der Waals surface area (Å²) in [6.07, 6.45) is 8.58. The summed E-state index contributed by atoms with van der Waals surface area (Å²) in [6, 6.07) is 0.485. The van der Waals surface area contributed by atoms with Gasteiger partial charge in [-0.3, -0.25) is 0 Å². The minimum absolute atomic E-state index is 0.395. The van der Waals surface area contributed by atoms with Gasteiger partial charge in [0, 0.05) is 19.1 Å². The van der Waals surface area contributed by atoms with E-state index in [0.717, 1.165) is 0 Å². The van der Waals surface area contributed by atoms with Gasteiger partial charge >= 0.3 is 6.09 Å². The highest BCUT2D eigenvalue weighted by Gasteiger charge is 2.15. The Labute approximate surface area is 139 Å².